The second kappa shape index (κ2) is 15.2. The SMILES string of the molecule is c1ccc(-c2nc(-c3ccccc3)nc(-c3cccc(-n4c5ccc(-c6cc7c8ccccc8n8c9ccccc9c(c6)c78)cc5c5cc(-c6cc7c8ccccc8n8c9ccccc9c(c6)c78)ccc54)c3)n2)cc1. The first-order chi connectivity index (χ1) is 37.2. The highest BCUT2D eigenvalue weighted by atomic mass is 15.0. The lowest BCUT2D eigenvalue weighted by Crippen LogP contribution is -2.01. The lowest BCUT2D eigenvalue weighted by atomic mass is 9.96. The topological polar surface area (TPSA) is 52.4 Å². The van der Waals surface area contributed by atoms with Gasteiger partial charge in [0.1, 0.15) is 0 Å². The standard InChI is InChI=1S/C69H40N6/c1-3-16-41(17-4-1)67-70-68(42-18-5-2-6-19-42)72-69(71-67)45-20-15-21-48(34-45)73-63-32-30-43(46-37-55-49-22-7-11-26-59(49)74-60-27-12-8-23-50(60)56(38-46)65(55)74)35-53(63)54-36-44(31-33-64(54)73)47-39-57-51-24-9-13-28-61(51)75-62-29-14-10-25-52(62)58(40-47)66(57)75/h1-40H. The lowest BCUT2D eigenvalue weighted by Gasteiger charge is -2.12. The zero-order chi connectivity index (χ0) is 48.9. The molecule has 0 aliphatic heterocycles. The summed E-state index contributed by atoms with van der Waals surface area (Å²) in [5.74, 6) is 1.89. The van der Waals surface area contributed by atoms with Gasteiger partial charge in [-0.25, -0.2) is 15.0 Å². The molecule has 0 amide bonds. The van der Waals surface area contributed by atoms with Crippen LogP contribution in [0, 0.1) is 0 Å². The molecule has 6 nitrogen and oxygen atoms in total. The summed E-state index contributed by atoms with van der Waals surface area (Å²) in [6, 6.07) is 88.1. The fourth-order valence-corrected chi connectivity index (χ4v) is 12.6. The molecule has 6 heterocycles. The highest BCUT2D eigenvalue weighted by Gasteiger charge is 2.23. The number of para-hydroxylation sites is 4. The molecule has 0 bridgehead atoms. The van der Waals surface area contributed by atoms with Crippen LogP contribution in [0.1, 0.15) is 0 Å². The van der Waals surface area contributed by atoms with Crippen LogP contribution in [-0.2, 0) is 0 Å². The van der Waals surface area contributed by atoms with E-state index in [4.69, 9.17) is 15.0 Å². The van der Waals surface area contributed by atoms with Gasteiger partial charge in [-0.3, -0.25) is 0 Å². The molecular formula is C69H40N6. The zero-order valence-electron chi connectivity index (χ0n) is 40.3. The van der Waals surface area contributed by atoms with Crippen LogP contribution >= 0.6 is 0 Å². The van der Waals surface area contributed by atoms with Crippen molar-refractivity contribution in [1.82, 2.24) is 28.3 Å². The highest BCUT2D eigenvalue weighted by Crippen LogP contribution is 2.46. The first-order valence-electron chi connectivity index (χ1n) is 25.6. The second-order valence-corrected chi connectivity index (χ2v) is 20.0. The van der Waals surface area contributed by atoms with Gasteiger partial charge in [0.05, 0.1) is 44.1 Å². The van der Waals surface area contributed by atoms with E-state index < -0.39 is 0 Å². The Balaban J connectivity index is 0.903. The Morgan fingerprint density at radius 3 is 0.973 bits per heavy atom. The molecule has 0 aliphatic rings. The average molecular weight is 953 g/mol. The van der Waals surface area contributed by atoms with Crippen molar-refractivity contribution in [2.45, 2.75) is 0 Å². The molecule has 0 spiro atoms. The molecule has 17 rings (SSSR count). The fraction of sp³-hybridized carbons (Fsp3) is 0. The fourth-order valence-electron chi connectivity index (χ4n) is 12.6. The molecular weight excluding hydrogens is 913 g/mol. The van der Waals surface area contributed by atoms with Gasteiger partial charge in [-0.2, -0.15) is 0 Å². The summed E-state index contributed by atoms with van der Waals surface area (Å²) in [5, 5.41) is 12.5. The van der Waals surface area contributed by atoms with Gasteiger partial charge in [-0.05, 0) is 107 Å². The summed E-state index contributed by atoms with van der Waals surface area (Å²) in [4.78, 5) is 15.3. The molecule has 17 aromatic rings. The van der Waals surface area contributed by atoms with E-state index >= 15 is 0 Å². The van der Waals surface area contributed by atoms with Gasteiger partial charge in [-0.15, -0.1) is 0 Å². The molecule has 0 radical (unpaired) electrons. The predicted molar refractivity (Wildman–Crippen MR) is 311 cm³/mol. The van der Waals surface area contributed by atoms with Crippen molar-refractivity contribution in [3.63, 3.8) is 0 Å². The first kappa shape index (κ1) is 40.4. The minimum atomic E-state index is 0.618. The number of fused-ring (bicyclic) bond motifs is 15. The molecule has 75 heavy (non-hydrogen) atoms. The van der Waals surface area contributed by atoms with Gasteiger partial charge >= 0.3 is 0 Å². The number of aromatic nitrogens is 6. The van der Waals surface area contributed by atoms with Crippen LogP contribution in [0.5, 0.6) is 0 Å². The zero-order valence-corrected chi connectivity index (χ0v) is 40.3. The van der Waals surface area contributed by atoms with E-state index in [2.05, 4.69) is 220 Å². The maximum Gasteiger partial charge on any atom is 0.164 e. The summed E-state index contributed by atoms with van der Waals surface area (Å²) in [5.41, 5.74) is 18.3. The van der Waals surface area contributed by atoms with E-state index in [0.717, 1.165) is 33.4 Å². The van der Waals surface area contributed by atoms with Crippen LogP contribution in [0.4, 0.5) is 0 Å². The Hall–Kier alpha value is -10.2. The van der Waals surface area contributed by atoms with Gasteiger partial charge in [0.15, 0.2) is 17.5 Å². The summed E-state index contributed by atoms with van der Waals surface area (Å²) >= 11 is 0. The largest absolute Gasteiger partial charge is 0.309 e. The molecule has 11 aromatic carbocycles. The summed E-state index contributed by atoms with van der Waals surface area (Å²) < 4.78 is 7.32. The molecule has 0 saturated heterocycles. The minimum absolute atomic E-state index is 0.618. The van der Waals surface area contributed by atoms with Crippen LogP contribution in [0.2, 0.25) is 0 Å². The Labute approximate surface area is 428 Å². The third kappa shape index (κ3) is 5.76. The Morgan fingerprint density at radius 2 is 0.560 bits per heavy atom. The monoisotopic (exact) mass is 952 g/mol. The number of rotatable bonds is 6. The van der Waals surface area contributed by atoms with Crippen molar-refractivity contribution in [3.05, 3.63) is 243 Å². The van der Waals surface area contributed by atoms with Crippen LogP contribution in [0.25, 0.3) is 160 Å². The Kier molecular flexibility index (Phi) is 8.18. The van der Waals surface area contributed by atoms with Crippen molar-refractivity contribution in [3.8, 4) is 62.1 Å². The van der Waals surface area contributed by atoms with Gasteiger partial charge in [0, 0.05) is 76.2 Å². The average Bonchev–Trinajstić information content (AvgIpc) is 4.33. The van der Waals surface area contributed by atoms with Crippen molar-refractivity contribution < 1.29 is 0 Å². The van der Waals surface area contributed by atoms with Crippen LogP contribution in [0.3, 0.4) is 0 Å². The van der Waals surface area contributed by atoms with Crippen LogP contribution in [0.15, 0.2) is 243 Å². The van der Waals surface area contributed by atoms with E-state index in [1.165, 1.54) is 109 Å². The smallest absolute Gasteiger partial charge is 0.164 e. The normalized spacial score (nSPS) is 12.3. The van der Waals surface area contributed by atoms with Crippen molar-refractivity contribution >= 4 is 98.0 Å². The third-order valence-electron chi connectivity index (χ3n) is 15.9. The molecule has 0 fully saturated rings. The molecule has 6 heteroatoms. The molecule has 0 saturated carbocycles. The molecule has 0 aliphatic carbocycles. The van der Waals surface area contributed by atoms with E-state index in [1.54, 1.807) is 0 Å². The van der Waals surface area contributed by atoms with Gasteiger partial charge in [-0.1, -0.05) is 158 Å². The number of benzene rings is 11. The number of nitrogens with zero attached hydrogens (tertiary/aromatic N) is 6. The number of hydrogen-bond acceptors (Lipinski definition) is 3. The summed E-state index contributed by atoms with van der Waals surface area (Å²) in [6.07, 6.45) is 0. The van der Waals surface area contributed by atoms with Gasteiger partial charge in [0.25, 0.3) is 0 Å². The van der Waals surface area contributed by atoms with Crippen LogP contribution < -0.4 is 0 Å². The summed E-state index contributed by atoms with van der Waals surface area (Å²) in [7, 11) is 0. The molecule has 0 unspecified atom stereocenters. The molecule has 0 N–H and O–H groups in total. The van der Waals surface area contributed by atoms with Crippen molar-refractivity contribution in [1.29, 1.82) is 0 Å². The second-order valence-electron chi connectivity index (χ2n) is 20.0. The quantitative estimate of drug-likeness (QED) is 0.167. The van der Waals surface area contributed by atoms with E-state index in [9.17, 15) is 0 Å². The molecule has 6 aromatic heterocycles. The maximum absolute atomic E-state index is 5.14. The van der Waals surface area contributed by atoms with Gasteiger partial charge in [0.2, 0.25) is 0 Å². The minimum Gasteiger partial charge on any atom is -0.309 e. The molecule has 0 atom stereocenters. The van der Waals surface area contributed by atoms with Crippen molar-refractivity contribution in [2.24, 2.45) is 0 Å². The van der Waals surface area contributed by atoms with Crippen LogP contribution in [-0.4, -0.2) is 28.3 Å². The molecule has 346 valence electrons. The van der Waals surface area contributed by atoms with Crippen molar-refractivity contribution in [2.75, 3.05) is 0 Å². The van der Waals surface area contributed by atoms with E-state index in [-0.39, 0.29) is 0 Å². The lowest BCUT2D eigenvalue weighted by molar-refractivity contribution is 1.07. The predicted octanol–water partition coefficient (Wildman–Crippen LogP) is 17.6. The number of hydrogen-bond donors (Lipinski definition) is 0. The Bertz CT molecular complexity index is 4710. The third-order valence-corrected chi connectivity index (χ3v) is 15.9. The highest BCUT2D eigenvalue weighted by molar-refractivity contribution is 6.26. The van der Waals surface area contributed by atoms with Gasteiger partial charge < -0.3 is 13.4 Å². The maximum atomic E-state index is 5.14. The van der Waals surface area contributed by atoms with E-state index in [0.29, 0.717) is 17.5 Å². The summed E-state index contributed by atoms with van der Waals surface area (Å²) in [6.45, 7) is 0. The van der Waals surface area contributed by atoms with E-state index in [1.807, 2.05) is 36.4 Å². The first-order valence-corrected chi connectivity index (χ1v) is 25.6. The Morgan fingerprint density at radius 1 is 0.213 bits per heavy atom.